The minimum atomic E-state index is -0.332. The average Bonchev–Trinajstić information content (AvgIpc) is 2.71. The summed E-state index contributed by atoms with van der Waals surface area (Å²) in [5, 5.41) is 9.72. The lowest BCUT2D eigenvalue weighted by Crippen LogP contribution is -2.58. The van der Waals surface area contributed by atoms with Gasteiger partial charge in [0.25, 0.3) is 0 Å². The van der Waals surface area contributed by atoms with Crippen LogP contribution in [0.5, 0.6) is 0 Å². The molecule has 0 bridgehead atoms. The predicted octanol–water partition coefficient (Wildman–Crippen LogP) is -0.00330. The van der Waals surface area contributed by atoms with Gasteiger partial charge in [-0.25, -0.2) is 0 Å². The molecule has 0 saturated carbocycles. The van der Waals surface area contributed by atoms with Gasteiger partial charge in [-0.1, -0.05) is 0 Å². The third-order valence-corrected chi connectivity index (χ3v) is 3.52. The van der Waals surface area contributed by atoms with Gasteiger partial charge in [0.1, 0.15) is 0 Å². The van der Waals surface area contributed by atoms with Crippen LogP contribution >= 0.6 is 0 Å². The minimum Gasteiger partial charge on any atom is -0.350 e. The smallest absolute Gasteiger partial charge is 0.240 e. The van der Waals surface area contributed by atoms with Crippen LogP contribution in [0.25, 0.3) is 0 Å². The summed E-state index contributed by atoms with van der Waals surface area (Å²) in [7, 11) is 0. The summed E-state index contributed by atoms with van der Waals surface area (Å²) >= 11 is 0. The van der Waals surface area contributed by atoms with Crippen molar-refractivity contribution in [1.29, 1.82) is 0 Å². The lowest BCUT2D eigenvalue weighted by atomic mass is 9.90. The average molecular weight is 211 g/mol. The number of carbonyl (C=O) groups excluding carboxylic acids is 1. The number of rotatable bonds is 2. The quantitative estimate of drug-likeness (QED) is 0.602. The molecule has 4 heteroatoms. The van der Waals surface area contributed by atoms with Crippen LogP contribution in [0.4, 0.5) is 0 Å². The molecule has 2 heterocycles. The SMILES string of the molecule is CC1(C(=O)NC2CCNC2)CCCCN1. The first-order valence-corrected chi connectivity index (χ1v) is 5.97. The van der Waals surface area contributed by atoms with Gasteiger partial charge in [-0.15, -0.1) is 0 Å². The summed E-state index contributed by atoms with van der Waals surface area (Å²) in [6, 6.07) is 0.332. The monoisotopic (exact) mass is 211 g/mol. The van der Waals surface area contributed by atoms with E-state index in [-0.39, 0.29) is 11.4 Å². The molecule has 2 fully saturated rings. The molecule has 4 nitrogen and oxygen atoms in total. The molecule has 2 rings (SSSR count). The summed E-state index contributed by atoms with van der Waals surface area (Å²) in [4.78, 5) is 12.1. The zero-order chi connectivity index (χ0) is 10.7. The van der Waals surface area contributed by atoms with Crippen LogP contribution in [0.3, 0.4) is 0 Å². The van der Waals surface area contributed by atoms with Crippen molar-refractivity contribution in [2.45, 2.75) is 44.2 Å². The Balaban J connectivity index is 1.87. The maximum Gasteiger partial charge on any atom is 0.240 e. The second kappa shape index (κ2) is 4.49. The molecule has 0 spiro atoms. The topological polar surface area (TPSA) is 53.2 Å². The fourth-order valence-electron chi connectivity index (χ4n) is 2.37. The van der Waals surface area contributed by atoms with Crippen LogP contribution in [0.15, 0.2) is 0 Å². The number of hydrogen-bond donors (Lipinski definition) is 3. The van der Waals surface area contributed by atoms with Gasteiger partial charge in [0, 0.05) is 12.6 Å². The Hall–Kier alpha value is -0.610. The highest BCUT2D eigenvalue weighted by molar-refractivity contribution is 5.86. The van der Waals surface area contributed by atoms with Gasteiger partial charge in [0.15, 0.2) is 0 Å². The second-order valence-corrected chi connectivity index (χ2v) is 4.88. The third-order valence-electron chi connectivity index (χ3n) is 3.52. The lowest BCUT2D eigenvalue weighted by Gasteiger charge is -2.34. The van der Waals surface area contributed by atoms with Crippen LogP contribution in [0, 0.1) is 0 Å². The Labute approximate surface area is 91.2 Å². The number of carbonyl (C=O) groups is 1. The van der Waals surface area contributed by atoms with Crippen molar-refractivity contribution in [2.75, 3.05) is 19.6 Å². The van der Waals surface area contributed by atoms with E-state index >= 15 is 0 Å². The van der Waals surface area contributed by atoms with Gasteiger partial charge >= 0.3 is 0 Å². The maximum atomic E-state index is 12.1. The molecule has 2 atom stereocenters. The lowest BCUT2D eigenvalue weighted by molar-refractivity contribution is -0.128. The highest BCUT2D eigenvalue weighted by Gasteiger charge is 2.35. The molecular weight excluding hydrogens is 190 g/mol. The van der Waals surface area contributed by atoms with Crippen LogP contribution in [-0.4, -0.2) is 37.1 Å². The molecule has 0 aromatic rings. The van der Waals surface area contributed by atoms with Crippen LogP contribution in [0.1, 0.15) is 32.6 Å². The van der Waals surface area contributed by atoms with E-state index in [0.29, 0.717) is 6.04 Å². The van der Waals surface area contributed by atoms with Crippen LogP contribution in [0.2, 0.25) is 0 Å². The van der Waals surface area contributed by atoms with E-state index in [1.165, 1.54) is 6.42 Å². The maximum absolute atomic E-state index is 12.1. The van der Waals surface area contributed by atoms with E-state index in [2.05, 4.69) is 16.0 Å². The van der Waals surface area contributed by atoms with Crippen LogP contribution < -0.4 is 16.0 Å². The fourth-order valence-corrected chi connectivity index (χ4v) is 2.37. The van der Waals surface area contributed by atoms with Gasteiger partial charge in [0.2, 0.25) is 5.91 Å². The molecule has 2 aliphatic rings. The molecule has 0 radical (unpaired) electrons. The molecule has 2 unspecified atom stereocenters. The van der Waals surface area contributed by atoms with Crippen LogP contribution in [-0.2, 0) is 4.79 Å². The zero-order valence-electron chi connectivity index (χ0n) is 9.44. The van der Waals surface area contributed by atoms with E-state index < -0.39 is 0 Å². The highest BCUT2D eigenvalue weighted by Crippen LogP contribution is 2.19. The van der Waals surface area contributed by atoms with Gasteiger partial charge in [-0.3, -0.25) is 4.79 Å². The minimum absolute atomic E-state index is 0.177. The van der Waals surface area contributed by atoms with Gasteiger partial charge in [-0.2, -0.15) is 0 Å². The Morgan fingerprint density at radius 1 is 1.40 bits per heavy atom. The molecule has 2 aliphatic heterocycles. The number of amides is 1. The van der Waals surface area contributed by atoms with E-state index in [1.54, 1.807) is 0 Å². The molecule has 0 aromatic carbocycles. The summed E-state index contributed by atoms with van der Waals surface area (Å²) in [5.41, 5.74) is -0.332. The molecular formula is C11H21N3O. The Kier molecular flexibility index (Phi) is 3.26. The number of piperidine rings is 1. The second-order valence-electron chi connectivity index (χ2n) is 4.88. The van der Waals surface area contributed by atoms with E-state index in [9.17, 15) is 4.79 Å². The van der Waals surface area contributed by atoms with Crippen molar-refractivity contribution in [1.82, 2.24) is 16.0 Å². The van der Waals surface area contributed by atoms with Gasteiger partial charge in [-0.05, 0) is 45.7 Å². The Bertz CT molecular complexity index is 230. The first-order chi connectivity index (χ1) is 7.21. The first kappa shape index (κ1) is 10.9. The van der Waals surface area contributed by atoms with E-state index in [4.69, 9.17) is 0 Å². The summed E-state index contributed by atoms with van der Waals surface area (Å²) < 4.78 is 0. The largest absolute Gasteiger partial charge is 0.350 e. The molecule has 0 aromatic heterocycles. The van der Waals surface area contributed by atoms with E-state index in [1.807, 2.05) is 6.92 Å². The normalized spacial score (nSPS) is 36.5. The highest BCUT2D eigenvalue weighted by atomic mass is 16.2. The Morgan fingerprint density at radius 2 is 2.27 bits per heavy atom. The Morgan fingerprint density at radius 3 is 2.87 bits per heavy atom. The first-order valence-electron chi connectivity index (χ1n) is 5.97. The molecule has 1 amide bonds. The van der Waals surface area contributed by atoms with Gasteiger partial charge < -0.3 is 16.0 Å². The van der Waals surface area contributed by atoms with Crippen molar-refractivity contribution in [3.63, 3.8) is 0 Å². The zero-order valence-corrected chi connectivity index (χ0v) is 9.44. The summed E-state index contributed by atoms with van der Waals surface area (Å²) in [5.74, 6) is 0.177. The molecule has 0 aliphatic carbocycles. The van der Waals surface area contributed by atoms with Crippen molar-refractivity contribution in [2.24, 2.45) is 0 Å². The molecule has 15 heavy (non-hydrogen) atoms. The van der Waals surface area contributed by atoms with E-state index in [0.717, 1.165) is 38.9 Å². The number of nitrogens with one attached hydrogen (secondary N) is 3. The van der Waals surface area contributed by atoms with Crippen molar-refractivity contribution >= 4 is 5.91 Å². The summed E-state index contributed by atoms with van der Waals surface area (Å²) in [6.07, 6.45) is 4.36. The molecule has 3 N–H and O–H groups in total. The van der Waals surface area contributed by atoms with Crippen molar-refractivity contribution in [3.8, 4) is 0 Å². The fraction of sp³-hybridized carbons (Fsp3) is 0.909. The number of hydrogen-bond acceptors (Lipinski definition) is 3. The van der Waals surface area contributed by atoms with Crippen molar-refractivity contribution < 1.29 is 4.79 Å². The molecule has 2 saturated heterocycles. The predicted molar refractivity (Wildman–Crippen MR) is 59.7 cm³/mol. The third kappa shape index (κ3) is 2.49. The molecule has 86 valence electrons. The van der Waals surface area contributed by atoms with Gasteiger partial charge in [0.05, 0.1) is 5.54 Å². The summed E-state index contributed by atoms with van der Waals surface area (Å²) in [6.45, 7) is 4.92. The van der Waals surface area contributed by atoms with Crippen molar-refractivity contribution in [3.05, 3.63) is 0 Å². The standard InChI is InChI=1S/C11H21N3O/c1-11(5-2-3-6-13-11)10(15)14-9-4-7-12-8-9/h9,12-13H,2-8H2,1H3,(H,14,15).